The highest BCUT2D eigenvalue weighted by molar-refractivity contribution is 6.00. The van der Waals surface area contributed by atoms with Crippen LogP contribution in [0.4, 0.5) is 0 Å². The molecule has 1 heterocycles. The van der Waals surface area contributed by atoms with Crippen LogP contribution in [0.15, 0.2) is 39.9 Å². The molecule has 1 aromatic heterocycles. The molecule has 0 aliphatic heterocycles. The van der Waals surface area contributed by atoms with Crippen molar-refractivity contribution in [3.63, 3.8) is 0 Å². The van der Waals surface area contributed by atoms with Gasteiger partial charge in [0.2, 0.25) is 0 Å². The molecular formula is C13H7N3O3. The Morgan fingerprint density at radius 2 is 1.68 bits per heavy atom. The number of nitriles is 1. The quantitative estimate of drug-likeness (QED) is 0.503. The Morgan fingerprint density at radius 3 is 2.37 bits per heavy atom. The molecule has 0 amide bonds. The van der Waals surface area contributed by atoms with Gasteiger partial charge in [-0.25, -0.2) is 0 Å². The highest BCUT2D eigenvalue weighted by Gasteiger charge is 2.08. The van der Waals surface area contributed by atoms with Gasteiger partial charge in [0.05, 0.1) is 10.8 Å². The molecule has 2 N–H and O–H groups in total. The Labute approximate surface area is 105 Å². The summed E-state index contributed by atoms with van der Waals surface area (Å²) >= 11 is 0. The number of ether oxygens (including phenoxy) is 1. The smallest absolute Gasteiger partial charge is 0.292 e. The van der Waals surface area contributed by atoms with Crippen LogP contribution in [0.5, 0.6) is 5.75 Å². The van der Waals surface area contributed by atoms with E-state index in [1.54, 1.807) is 36.6 Å². The second-order valence-electron chi connectivity index (χ2n) is 3.98. The summed E-state index contributed by atoms with van der Waals surface area (Å²) in [5.41, 5.74) is -0.772. The van der Waals surface area contributed by atoms with Crippen LogP contribution in [0, 0.1) is 11.5 Å². The van der Waals surface area contributed by atoms with E-state index in [0.717, 1.165) is 5.39 Å². The molecule has 0 saturated carbocycles. The van der Waals surface area contributed by atoms with Gasteiger partial charge in [-0.3, -0.25) is 19.8 Å². The second-order valence-corrected chi connectivity index (χ2v) is 3.98. The van der Waals surface area contributed by atoms with Crippen LogP contribution in [-0.4, -0.2) is 10.2 Å². The lowest BCUT2D eigenvalue weighted by atomic mass is 10.1. The predicted molar refractivity (Wildman–Crippen MR) is 68.9 cm³/mol. The van der Waals surface area contributed by atoms with Gasteiger partial charge in [0, 0.05) is 5.39 Å². The minimum absolute atomic E-state index is 0.255. The molecule has 0 fully saturated rings. The van der Waals surface area contributed by atoms with Crippen molar-refractivity contribution in [3.05, 3.63) is 51.0 Å². The highest BCUT2D eigenvalue weighted by atomic mass is 16.5. The summed E-state index contributed by atoms with van der Waals surface area (Å²) in [4.78, 5) is 23.4. The Balaban J connectivity index is 2.53. The van der Waals surface area contributed by atoms with Crippen molar-refractivity contribution in [3.8, 4) is 12.0 Å². The first-order chi connectivity index (χ1) is 9.20. The molecular weight excluding hydrogens is 246 g/mol. The Hall–Kier alpha value is -3.07. The number of aromatic amines is 2. The molecule has 0 aliphatic carbocycles. The number of hydrogen-bond donors (Lipinski definition) is 2. The predicted octanol–water partition coefficient (Wildman–Crippen LogP) is 1.23. The van der Waals surface area contributed by atoms with E-state index < -0.39 is 5.56 Å². The molecule has 2 aromatic carbocycles. The van der Waals surface area contributed by atoms with E-state index in [1.807, 2.05) is 0 Å². The Morgan fingerprint density at radius 1 is 1.00 bits per heavy atom. The third-order valence-corrected chi connectivity index (χ3v) is 2.91. The lowest BCUT2D eigenvalue weighted by molar-refractivity contribution is 0.513. The van der Waals surface area contributed by atoms with Crippen LogP contribution in [-0.2, 0) is 0 Å². The third-order valence-electron chi connectivity index (χ3n) is 2.91. The fraction of sp³-hybridized carbons (Fsp3) is 0. The molecule has 0 unspecified atom stereocenters. The summed E-state index contributed by atoms with van der Waals surface area (Å²) in [6.07, 6.45) is 1.60. The minimum Gasteiger partial charge on any atom is -0.387 e. The SMILES string of the molecule is N#COc1cccc2cc3c(=O)[nH][nH]c(=O)c3cc12. The number of nitrogens with one attached hydrogen (secondary N) is 2. The number of benzene rings is 2. The van der Waals surface area contributed by atoms with E-state index >= 15 is 0 Å². The van der Waals surface area contributed by atoms with Crippen molar-refractivity contribution in [1.82, 2.24) is 10.2 Å². The van der Waals surface area contributed by atoms with Gasteiger partial charge in [-0.15, -0.1) is 5.26 Å². The number of H-pyrrole nitrogens is 2. The lowest BCUT2D eigenvalue weighted by Gasteiger charge is -2.04. The average molecular weight is 253 g/mol. The number of fused-ring (bicyclic) bond motifs is 2. The van der Waals surface area contributed by atoms with Crippen molar-refractivity contribution in [2.75, 3.05) is 0 Å². The molecule has 0 aliphatic rings. The number of nitrogens with zero attached hydrogens (tertiary/aromatic N) is 1. The molecule has 92 valence electrons. The average Bonchev–Trinajstić information content (AvgIpc) is 2.42. The van der Waals surface area contributed by atoms with Crippen LogP contribution >= 0.6 is 0 Å². The first-order valence-electron chi connectivity index (χ1n) is 5.44. The Bertz CT molecular complexity index is 947. The zero-order valence-corrected chi connectivity index (χ0v) is 9.56. The van der Waals surface area contributed by atoms with Crippen molar-refractivity contribution in [2.45, 2.75) is 0 Å². The molecule has 19 heavy (non-hydrogen) atoms. The maximum atomic E-state index is 11.7. The molecule has 0 saturated heterocycles. The first kappa shape index (κ1) is 11.0. The number of rotatable bonds is 1. The first-order valence-corrected chi connectivity index (χ1v) is 5.44. The number of aromatic nitrogens is 2. The topological polar surface area (TPSA) is 98.7 Å². The summed E-state index contributed by atoms with van der Waals surface area (Å²) in [5.74, 6) is 0.349. The fourth-order valence-corrected chi connectivity index (χ4v) is 2.06. The van der Waals surface area contributed by atoms with Gasteiger partial charge in [-0.05, 0) is 23.6 Å². The lowest BCUT2D eigenvalue weighted by Crippen LogP contribution is -2.18. The fourth-order valence-electron chi connectivity index (χ4n) is 2.06. The zero-order valence-electron chi connectivity index (χ0n) is 9.56. The normalized spacial score (nSPS) is 10.5. The van der Waals surface area contributed by atoms with Gasteiger partial charge in [0.15, 0.2) is 0 Å². The van der Waals surface area contributed by atoms with E-state index in [1.165, 1.54) is 0 Å². The van der Waals surface area contributed by atoms with Crippen LogP contribution in [0.2, 0.25) is 0 Å². The third kappa shape index (κ3) is 1.65. The van der Waals surface area contributed by atoms with Crippen molar-refractivity contribution >= 4 is 21.5 Å². The second kappa shape index (κ2) is 3.99. The summed E-state index contributed by atoms with van der Waals surface area (Å²) in [7, 11) is 0. The molecule has 0 atom stereocenters. The van der Waals surface area contributed by atoms with Gasteiger partial charge in [0.1, 0.15) is 5.75 Å². The standard InChI is InChI=1S/C13H7N3O3/c14-6-19-11-3-1-2-7-4-9-10(5-8(7)11)13(18)16-15-12(9)17/h1-5H,(H,15,17)(H,16,18). The summed E-state index contributed by atoms with van der Waals surface area (Å²) in [5, 5.41) is 15.0. The molecule has 0 spiro atoms. The summed E-state index contributed by atoms with van der Waals surface area (Å²) < 4.78 is 4.85. The van der Waals surface area contributed by atoms with Crippen LogP contribution in [0.3, 0.4) is 0 Å². The van der Waals surface area contributed by atoms with E-state index in [9.17, 15) is 9.59 Å². The van der Waals surface area contributed by atoms with Crippen LogP contribution < -0.4 is 15.9 Å². The van der Waals surface area contributed by atoms with Gasteiger partial charge >= 0.3 is 0 Å². The van der Waals surface area contributed by atoms with Crippen molar-refractivity contribution in [1.29, 1.82) is 5.26 Å². The molecule has 3 aromatic rings. The summed E-state index contributed by atoms with van der Waals surface area (Å²) in [6.45, 7) is 0. The maximum Gasteiger partial charge on any atom is 0.292 e. The van der Waals surface area contributed by atoms with Crippen LogP contribution in [0.1, 0.15) is 0 Å². The van der Waals surface area contributed by atoms with Crippen LogP contribution in [0.25, 0.3) is 21.5 Å². The van der Waals surface area contributed by atoms with E-state index in [2.05, 4.69) is 10.2 Å². The van der Waals surface area contributed by atoms with Crippen molar-refractivity contribution < 1.29 is 4.74 Å². The molecule has 6 nitrogen and oxygen atoms in total. The summed E-state index contributed by atoms with van der Waals surface area (Å²) in [6, 6.07) is 8.26. The minimum atomic E-state index is -0.400. The van der Waals surface area contributed by atoms with Gasteiger partial charge < -0.3 is 4.74 Å². The van der Waals surface area contributed by atoms with Gasteiger partial charge in [-0.2, -0.15) is 0 Å². The van der Waals surface area contributed by atoms with Gasteiger partial charge in [-0.1, -0.05) is 12.1 Å². The molecule has 0 radical (unpaired) electrons. The maximum absolute atomic E-state index is 11.7. The van der Waals surface area contributed by atoms with E-state index in [-0.39, 0.29) is 10.9 Å². The van der Waals surface area contributed by atoms with E-state index in [4.69, 9.17) is 10.00 Å². The van der Waals surface area contributed by atoms with E-state index in [0.29, 0.717) is 16.5 Å². The molecule has 6 heteroatoms. The largest absolute Gasteiger partial charge is 0.387 e. The zero-order chi connectivity index (χ0) is 13.4. The van der Waals surface area contributed by atoms with Gasteiger partial charge in [0.25, 0.3) is 17.4 Å². The van der Waals surface area contributed by atoms with Crippen molar-refractivity contribution in [2.24, 2.45) is 0 Å². The highest BCUT2D eigenvalue weighted by Crippen LogP contribution is 2.27. The number of hydrogen-bond acceptors (Lipinski definition) is 4. The molecule has 3 rings (SSSR count). The monoisotopic (exact) mass is 253 g/mol. The Kier molecular flexibility index (Phi) is 2.32. The molecule has 0 bridgehead atoms.